The summed E-state index contributed by atoms with van der Waals surface area (Å²) in [5.74, 6) is -1.43. The normalized spacial score (nSPS) is 10.9. The van der Waals surface area contributed by atoms with Gasteiger partial charge in [0.05, 0.1) is 17.4 Å². The van der Waals surface area contributed by atoms with Gasteiger partial charge in [-0.15, -0.1) is 11.3 Å². The van der Waals surface area contributed by atoms with Crippen molar-refractivity contribution in [1.29, 1.82) is 0 Å². The highest BCUT2D eigenvalue weighted by molar-refractivity contribution is 7.19. The number of ether oxygens (including phenoxy) is 1. The van der Waals surface area contributed by atoms with Crippen molar-refractivity contribution >= 4 is 49.9 Å². The predicted octanol–water partition coefficient (Wildman–Crippen LogP) is 4.32. The molecule has 3 heterocycles. The third-order valence-corrected chi connectivity index (χ3v) is 6.93. The zero-order valence-electron chi connectivity index (χ0n) is 18.3. The minimum Gasteiger partial charge on any atom is -0.457 e. The summed E-state index contributed by atoms with van der Waals surface area (Å²) in [5, 5.41) is 3.20. The lowest BCUT2D eigenvalue weighted by atomic mass is 10.0. The number of hydrogen-bond acceptors (Lipinski definition) is 8. The Morgan fingerprint density at radius 2 is 1.97 bits per heavy atom. The second-order valence-electron chi connectivity index (χ2n) is 7.27. The van der Waals surface area contributed by atoms with Crippen molar-refractivity contribution in [3.05, 3.63) is 74.9 Å². The van der Waals surface area contributed by atoms with Gasteiger partial charge in [-0.2, -0.15) is 0 Å². The molecule has 0 saturated heterocycles. The first-order chi connectivity index (χ1) is 16.3. The zero-order valence-corrected chi connectivity index (χ0v) is 19.9. The van der Waals surface area contributed by atoms with Crippen LogP contribution in [0.15, 0.2) is 48.0 Å². The molecule has 8 nitrogen and oxygen atoms in total. The number of thiazole rings is 1. The summed E-state index contributed by atoms with van der Waals surface area (Å²) in [4.78, 5) is 48.1. The maximum atomic E-state index is 13.4. The Labute approximate surface area is 201 Å². The first-order valence-electron chi connectivity index (χ1n) is 10.1. The van der Waals surface area contributed by atoms with Crippen LogP contribution >= 0.6 is 22.7 Å². The molecule has 0 spiro atoms. The number of hydrogen-bond donors (Lipinski definition) is 1. The molecule has 34 heavy (non-hydrogen) atoms. The molecule has 4 rings (SSSR count). The number of fused-ring (bicyclic) bond motifs is 1. The maximum Gasteiger partial charge on any atom is 0.350 e. The molecule has 0 aliphatic rings. The molecule has 0 atom stereocenters. The molecule has 0 aliphatic heterocycles. The molecule has 0 unspecified atom stereocenters. The van der Waals surface area contributed by atoms with Crippen LogP contribution in [0.1, 0.15) is 20.2 Å². The summed E-state index contributed by atoms with van der Waals surface area (Å²) in [6.45, 7) is 6.76. The maximum absolute atomic E-state index is 13.4. The summed E-state index contributed by atoms with van der Waals surface area (Å²) in [6, 6.07) is 5.88. The van der Waals surface area contributed by atoms with E-state index < -0.39 is 11.9 Å². The van der Waals surface area contributed by atoms with Gasteiger partial charge in [0, 0.05) is 10.4 Å². The van der Waals surface area contributed by atoms with Gasteiger partial charge < -0.3 is 10.1 Å². The molecule has 3 aromatic heterocycles. The number of esters is 1. The molecule has 174 valence electrons. The molecule has 0 radical (unpaired) electrons. The van der Waals surface area contributed by atoms with Crippen molar-refractivity contribution in [3.63, 3.8) is 0 Å². The highest BCUT2D eigenvalue weighted by Crippen LogP contribution is 2.35. The number of carbonyl (C=O) groups excluding carboxylic acids is 2. The van der Waals surface area contributed by atoms with Crippen molar-refractivity contribution in [2.75, 3.05) is 11.9 Å². The monoisotopic (exact) mass is 498 g/mol. The summed E-state index contributed by atoms with van der Waals surface area (Å²) in [6.07, 6.45) is 2.77. The van der Waals surface area contributed by atoms with Gasteiger partial charge in [0.2, 0.25) is 5.91 Å². The van der Waals surface area contributed by atoms with Gasteiger partial charge >= 0.3 is 5.97 Å². The van der Waals surface area contributed by atoms with Gasteiger partial charge in [-0.05, 0) is 31.5 Å². The van der Waals surface area contributed by atoms with Crippen molar-refractivity contribution in [3.8, 4) is 11.1 Å². The Morgan fingerprint density at radius 3 is 2.68 bits per heavy atom. The third kappa shape index (κ3) is 4.66. The standard InChI is InChI=1S/C23H19FN4O4S2/c1-4-9-32-22(31)19-12(2)26-23(34-19)27-16(29)10-28-11-25-20-18(21(28)30)17(13(3)33-20)14-5-7-15(24)8-6-14/h4-8,11H,1,9-10H2,2-3H3,(H,26,27,29). The van der Waals surface area contributed by atoms with Crippen LogP contribution < -0.4 is 10.9 Å². The van der Waals surface area contributed by atoms with E-state index in [1.807, 2.05) is 6.92 Å². The van der Waals surface area contributed by atoms with Crippen LogP contribution in [0.5, 0.6) is 0 Å². The van der Waals surface area contributed by atoms with E-state index in [9.17, 15) is 18.8 Å². The Morgan fingerprint density at radius 1 is 1.24 bits per heavy atom. The van der Waals surface area contributed by atoms with Gasteiger partial charge in [-0.3, -0.25) is 14.2 Å². The number of anilines is 1. The molecule has 0 fully saturated rings. The minimum absolute atomic E-state index is 0.0677. The quantitative estimate of drug-likeness (QED) is 0.301. The number of rotatable bonds is 7. The van der Waals surface area contributed by atoms with Gasteiger partial charge in [0.15, 0.2) is 5.13 Å². The number of aryl methyl sites for hydroxylation is 2. The van der Waals surface area contributed by atoms with E-state index in [1.54, 1.807) is 19.1 Å². The van der Waals surface area contributed by atoms with Crippen molar-refractivity contribution in [2.24, 2.45) is 0 Å². The Bertz CT molecular complexity index is 1470. The van der Waals surface area contributed by atoms with Crippen molar-refractivity contribution < 1.29 is 18.7 Å². The second-order valence-corrected chi connectivity index (χ2v) is 9.47. The number of thiophene rings is 1. The Kier molecular flexibility index (Phi) is 6.66. The molecule has 1 N–H and O–H groups in total. The predicted molar refractivity (Wildman–Crippen MR) is 130 cm³/mol. The molecule has 0 saturated carbocycles. The van der Waals surface area contributed by atoms with E-state index in [0.717, 1.165) is 16.2 Å². The van der Waals surface area contributed by atoms with E-state index in [2.05, 4.69) is 21.9 Å². The fraction of sp³-hybridized carbons (Fsp3) is 0.174. The average molecular weight is 499 g/mol. The molecule has 11 heteroatoms. The number of benzene rings is 1. The minimum atomic E-state index is -0.553. The van der Waals surface area contributed by atoms with Crippen molar-refractivity contribution in [2.45, 2.75) is 20.4 Å². The second kappa shape index (κ2) is 9.65. The molecule has 0 bridgehead atoms. The molecule has 1 amide bonds. The fourth-order valence-electron chi connectivity index (χ4n) is 3.37. The van der Waals surface area contributed by atoms with E-state index in [-0.39, 0.29) is 34.5 Å². The smallest absolute Gasteiger partial charge is 0.350 e. The van der Waals surface area contributed by atoms with Gasteiger partial charge in [0.1, 0.15) is 28.7 Å². The summed E-state index contributed by atoms with van der Waals surface area (Å²) in [7, 11) is 0. The van der Waals surface area contributed by atoms with Crippen LogP contribution in [0, 0.1) is 19.7 Å². The van der Waals surface area contributed by atoms with Crippen LogP contribution in [-0.2, 0) is 16.1 Å². The van der Waals surface area contributed by atoms with Crippen LogP contribution in [0.2, 0.25) is 0 Å². The van der Waals surface area contributed by atoms with Gasteiger partial charge in [0.25, 0.3) is 5.56 Å². The highest BCUT2D eigenvalue weighted by atomic mass is 32.1. The van der Waals surface area contributed by atoms with E-state index in [0.29, 0.717) is 27.0 Å². The summed E-state index contributed by atoms with van der Waals surface area (Å²) >= 11 is 2.34. The lowest BCUT2D eigenvalue weighted by Crippen LogP contribution is -2.27. The van der Waals surface area contributed by atoms with Crippen LogP contribution in [0.4, 0.5) is 9.52 Å². The molecule has 0 aliphatic carbocycles. The lowest BCUT2D eigenvalue weighted by Gasteiger charge is -2.06. The first kappa shape index (κ1) is 23.5. The number of amides is 1. The fourth-order valence-corrected chi connectivity index (χ4v) is 5.25. The summed E-state index contributed by atoms with van der Waals surface area (Å²) < 4.78 is 19.6. The molecular weight excluding hydrogens is 479 g/mol. The van der Waals surface area contributed by atoms with E-state index >= 15 is 0 Å². The Hall–Kier alpha value is -3.70. The first-order valence-corrected chi connectivity index (χ1v) is 11.7. The molecule has 1 aromatic carbocycles. The molecule has 4 aromatic rings. The largest absolute Gasteiger partial charge is 0.457 e. The Balaban J connectivity index is 1.59. The van der Waals surface area contributed by atoms with Crippen LogP contribution in [0.25, 0.3) is 21.3 Å². The van der Waals surface area contributed by atoms with Crippen LogP contribution in [0.3, 0.4) is 0 Å². The zero-order chi connectivity index (χ0) is 24.4. The average Bonchev–Trinajstić information content (AvgIpc) is 3.33. The molecular formula is C23H19FN4O4S2. The number of nitrogens with one attached hydrogen (secondary N) is 1. The van der Waals surface area contributed by atoms with E-state index in [1.165, 1.54) is 40.4 Å². The number of nitrogens with zero attached hydrogens (tertiary/aromatic N) is 3. The number of halogens is 1. The van der Waals surface area contributed by atoms with E-state index in [4.69, 9.17) is 4.74 Å². The highest BCUT2D eigenvalue weighted by Gasteiger charge is 2.20. The lowest BCUT2D eigenvalue weighted by molar-refractivity contribution is -0.116. The van der Waals surface area contributed by atoms with Gasteiger partial charge in [-0.25, -0.2) is 19.2 Å². The number of carbonyl (C=O) groups is 2. The summed E-state index contributed by atoms with van der Waals surface area (Å²) in [5.41, 5.74) is 1.41. The third-order valence-electron chi connectivity index (χ3n) is 4.86. The van der Waals surface area contributed by atoms with Crippen LogP contribution in [-0.4, -0.2) is 33.0 Å². The van der Waals surface area contributed by atoms with Gasteiger partial charge in [-0.1, -0.05) is 36.1 Å². The SMILES string of the molecule is C=CCOC(=O)c1sc(NC(=O)Cn2cnc3sc(C)c(-c4ccc(F)cc4)c3c2=O)nc1C. The number of aromatic nitrogens is 3. The topological polar surface area (TPSA) is 103 Å². The van der Waals surface area contributed by atoms with Crippen molar-refractivity contribution in [1.82, 2.24) is 14.5 Å².